The van der Waals surface area contributed by atoms with E-state index in [9.17, 15) is 0 Å². The van der Waals surface area contributed by atoms with Crippen LogP contribution in [0.1, 0.15) is 32.9 Å². The average molecular weight is 211 g/mol. The van der Waals surface area contributed by atoms with Gasteiger partial charge < -0.3 is 10.5 Å². The SMILES string of the molecule is CCCc1nn(C)c(OCC(C)C)c1N. The average Bonchev–Trinajstić information content (AvgIpc) is 2.40. The number of nitrogens with zero attached hydrogens (tertiary/aromatic N) is 2. The first kappa shape index (κ1) is 11.9. The standard InChI is InChI=1S/C11H21N3O/c1-5-6-9-10(12)11(14(4)13-9)15-7-8(2)3/h8H,5-7,12H2,1-4H3. The largest absolute Gasteiger partial charge is 0.476 e. The maximum absolute atomic E-state index is 5.97. The fraction of sp³-hybridized carbons (Fsp3) is 0.727. The molecule has 0 aliphatic rings. The van der Waals surface area contributed by atoms with Crippen LogP contribution in [0.5, 0.6) is 5.88 Å². The summed E-state index contributed by atoms with van der Waals surface area (Å²) in [5, 5.41) is 4.34. The number of hydrogen-bond acceptors (Lipinski definition) is 3. The third-order valence-corrected chi connectivity index (χ3v) is 2.15. The van der Waals surface area contributed by atoms with Crippen LogP contribution in [-0.2, 0) is 13.5 Å². The molecule has 0 atom stereocenters. The molecule has 0 aliphatic carbocycles. The van der Waals surface area contributed by atoms with Crippen LogP contribution in [0.3, 0.4) is 0 Å². The summed E-state index contributed by atoms with van der Waals surface area (Å²) in [5.74, 6) is 1.20. The fourth-order valence-electron chi connectivity index (χ4n) is 1.42. The van der Waals surface area contributed by atoms with Crippen LogP contribution in [-0.4, -0.2) is 16.4 Å². The second-order valence-electron chi connectivity index (χ2n) is 4.24. The van der Waals surface area contributed by atoms with Crippen molar-refractivity contribution in [1.82, 2.24) is 9.78 Å². The van der Waals surface area contributed by atoms with E-state index in [1.165, 1.54) is 0 Å². The molecule has 4 heteroatoms. The van der Waals surface area contributed by atoms with Gasteiger partial charge in [-0.2, -0.15) is 5.10 Å². The first-order valence-electron chi connectivity index (χ1n) is 5.50. The third-order valence-electron chi connectivity index (χ3n) is 2.15. The van der Waals surface area contributed by atoms with Crippen molar-refractivity contribution in [2.24, 2.45) is 13.0 Å². The van der Waals surface area contributed by atoms with Crippen molar-refractivity contribution in [2.75, 3.05) is 12.3 Å². The highest BCUT2D eigenvalue weighted by Crippen LogP contribution is 2.25. The Labute approximate surface area is 91.4 Å². The molecule has 0 amide bonds. The van der Waals surface area contributed by atoms with Crippen LogP contribution in [0, 0.1) is 5.92 Å². The molecule has 0 saturated heterocycles. The lowest BCUT2D eigenvalue weighted by molar-refractivity contribution is 0.251. The minimum absolute atomic E-state index is 0.494. The number of anilines is 1. The van der Waals surface area contributed by atoms with Gasteiger partial charge in [-0.1, -0.05) is 27.2 Å². The van der Waals surface area contributed by atoms with Crippen LogP contribution in [0.15, 0.2) is 0 Å². The molecule has 2 N–H and O–H groups in total. The molecule has 1 rings (SSSR count). The van der Waals surface area contributed by atoms with Gasteiger partial charge in [0.15, 0.2) is 0 Å². The minimum Gasteiger partial charge on any atom is -0.476 e. The Balaban J connectivity index is 2.78. The van der Waals surface area contributed by atoms with Gasteiger partial charge in [-0.05, 0) is 12.3 Å². The molecular formula is C11H21N3O. The number of hydrogen-bond donors (Lipinski definition) is 1. The molecule has 1 aromatic rings. The van der Waals surface area contributed by atoms with Crippen LogP contribution >= 0.6 is 0 Å². The fourth-order valence-corrected chi connectivity index (χ4v) is 1.42. The van der Waals surface area contributed by atoms with Gasteiger partial charge in [0, 0.05) is 7.05 Å². The molecule has 0 radical (unpaired) electrons. The van der Waals surface area contributed by atoms with E-state index in [1.54, 1.807) is 4.68 Å². The lowest BCUT2D eigenvalue weighted by Crippen LogP contribution is -2.08. The zero-order valence-corrected chi connectivity index (χ0v) is 10.1. The molecule has 0 aromatic carbocycles. The summed E-state index contributed by atoms with van der Waals surface area (Å²) in [6.45, 7) is 7.01. The highest BCUT2D eigenvalue weighted by molar-refractivity contribution is 5.53. The Morgan fingerprint density at radius 2 is 2.13 bits per heavy atom. The molecule has 4 nitrogen and oxygen atoms in total. The van der Waals surface area contributed by atoms with Gasteiger partial charge in [-0.25, -0.2) is 4.68 Å². The van der Waals surface area contributed by atoms with Crippen molar-refractivity contribution in [3.63, 3.8) is 0 Å². The van der Waals surface area contributed by atoms with Gasteiger partial charge in [-0.3, -0.25) is 0 Å². The Morgan fingerprint density at radius 3 is 2.67 bits per heavy atom. The van der Waals surface area contributed by atoms with E-state index in [0.29, 0.717) is 24.1 Å². The van der Waals surface area contributed by atoms with Crippen molar-refractivity contribution < 1.29 is 4.74 Å². The molecule has 0 aliphatic heterocycles. The highest BCUT2D eigenvalue weighted by atomic mass is 16.5. The molecule has 15 heavy (non-hydrogen) atoms. The quantitative estimate of drug-likeness (QED) is 0.810. The van der Waals surface area contributed by atoms with Crippen molar-refractivity contribution in [2.45, 2.75) is 33.6 Å². The topological polar surface area (TPSA) is 53.1 Å². The van der Waals surface area contributed by atoms with E-state index in [4.69, 9.17) is 10.5 Å². The zero-order chi connectivity index (χ0) is 11.4. The Morgan fingerprint density at radius 1 is 1.47 bits per heavy atom. The van der Waals surface area contributed by atoms with Gasteiger partial charge in [0.05, 0.1) is 12.3 Å². The Kier molecular flexibility index (Phi) is 4.00. The predicted octanol–water partition coefficient (Wildman–Crippen LogP) is 1.99. The van der Waals surface area contributed by atoms with E-state index in [-0.39, 0.29) is 0 Å². The summed E-state index contributed by atoms with van der Waals surface area (Å²) in [5.41, 5.74) is 7.61. The minimum atomic E-state index is 0.494. The molecule has 86 valence electrons. The zero-order valence-electron chi connectivity index (χ0n) is 10.1. The normalized spacial score (nSPS) is 11.0. The number of ether oxygens (including phenoxy) is 1. The van der Waals surface area contributed by atoms with E-state index in [2.05, 4.69) is 25.9 Å². The van der Waals surface area contributed by atoms with Crippen molar-refractivity contribution in [1.29, 1.82) is 0 Å². The monoisotopic (exact) mass is 211 g/mol. The number of rotatable bonds is 5. The first-order chi connectivity index (χ1) is 7.06. The first-order valence-corrected chi connectivity index (χ1v) is 5.50. The van der Waals surface area contributed by atoms with E-state index < -0.39 is 0 Å². The summed E-state index contributed by atoms with van der Waals surface area (Å²) in [6.07, 6.45) is 1.95. The number of nitrogens with two attached hydrogens (primary N) is 1. The van der Waals surface area contributed by atoms with Crippen molar-refractivity contribution >= 4 is 5.69 Å². The second-order valence-corrected chi connectivity index (χ2v) is 4.24. The molecule has 0 unspecified atom stereocenters. The number of nitrogen functional groups attached to an aromatic ring is 1. The molecule has 1 aromatic heterocycles. The van der Waals surface area contributed by atoms with Crippen LogP contribution < -0.4 is 10.5 Å². The van der Waals surface area contributed by atoms with Gasteiger partial charge in [0.25, 0.3) is 0 Å². The van der Waals surface area contributed by atoms with Crippen molar-refractivity contribution in [3.8, 4) is 5.88 Å². The summed E-state index contributed by atoms with van der Waals surface area (Å²) in [7, 11) is 1.87. The highest BCUT2D eigenvalue weighted by Gasteiger charge is 2.13. The van der Waals surface area contributed by atoms with Gasteiger partial charge in [0.1, 0.15) is 5.69 Å². The maximum atomic E-state index is 5.97. The van der Waals surface area contributed by atoms with E-state index >= 15 is 0 Å². The van der Waals surface area contributed by atoms with Crippen LogP contribution in [0.25, 0.3) is 0 Å². The molecular weight excluding hydrogens is 190 g/mol. The lowest BCUT2D eigenvalue weighted by Gasteiger charge is -2.08. The van der Waals surface area contributed by atoms with Crippen LogP contribution in [0.2, 0.25) is 0 Å². The van der Waals surface area contributed by atoms with E-state index in [1.807, 2.05) is 7.05 Å². The van der Waals surface area contributed by atoms with Crippen LogP contribution in [0.4, 0.5) is 5.69 Å². The lowest BCUT2D eigenvalue weighted by atomic mass is 10.2. The molecule has 1 heterocycles. The molecule has 0 spiro atoms. The summed E-state index contributed by atoms with van der Waals surface area (Å²) in [4.78, 5) is 0. The smallest absolute Gasteiger partial charge is 0.235 e. The summed E-state index contributed by atoms with van der Waals surface area (Å²) < 4.78 is 7.36. The predicted molar refractivity (Wildman–Crippen MR) is 61.9 cm³/mol. The van der Waals surface area contributed by atoms with E-state index in [0.717, 1.165) is 18.5 Å². The number of aromatic nitrogens is 2. The maximum Gasteiger partial charge on any atom is 0.235 e. The number of aryl methyl sites for hydroxylation is 2. The Hall–Kier alpha value is -1.19. The molecule has 0 fully saturated rings. The third kappa shape index (κ3) is 2.88. The summed E-state index contributed by atoms with van der Waals surface area (Å²) >= 11 is 0. The second kappa shape index (κ2) is 5.05. The van der Waals surface area contributed by atoms with Gasteiger partial charge >= 0.3 is 0 Å². The molecule has 0 saturated carbocycles. The van der Waals surface area contributed by atoms with Gasteiger partial charge in [-0.15, -0.1) is 0 Å². The Bertz CT molecular complexity index is 318. The molecule has 0 bridgehead atoms. The van der Waals surface area contributed by atoms with Crippen molar-refractivity contribution in [3.05, 3.63) is 5.69 Å². The summed E-state index contributed by atoms with van der Waals surface area (Å²) in [6, 6.07) is 0. The van der Waals surface area contributed by atoms with Gasteiger partial charge in [0.2, 0.25) is 5.88 Å².